The Labute approximate surface area is 108 Å². The Morgan fingerprint density at radius 3 is 2.78 bits per heavy atom. The first-order valence-corrected chi connectivity index (χ1v) is 6.35. The summed E-state index contributed by atoms with van der Waals surface area (Å²) in [6, 6.07) is 6.84. The molecular weight excluding hydrogens is 250 g/mol. The second kappa shape index (κ2) is 5.05. The molecule has 1 aromatic carbocycles. The van der Waals surface area contributed by atoms with E-state index in [1.807, 2.05) is 18.4 Å². The SMILES string of the molecule is CC(Nc1ccc([N+](=O)[O-])c(N)c1)c1ccsc1. The van der Waals surface area contributed by atoms with E-state index in [9.17, 15) is 10.1 Å². The average Bonchev–Trinajstić information content (AvgIpc) is 2.81. The summed E-state index contributed by atoms with van der Waals surface area (Å²) in [6.45, 7) is 2.03. The van der Waals surface area contributed by atoms with Gasteiger partial charge in [0.05, 0.1) is 4.92 Å². The normalized spacial score (nSPS) is 12.1. The van der Waals surface area contributed by atoms with E-state index in [0.717, 1.165) is 5.69 Å². The third-order valence-corrected chi connectivity index (χ3v) is 3.35. The van der Waals surface area contributed by atoms with Crippen LogP contribution in [-0.4, -0.2) is 4.92 Å². The molecule has 5 nitrogen and oxygen atoms in total. The third kappa shape index (κ3) is 2.60. The molecule has 94 valence electrons. The van der Waals surface area contributed by atoms with Crippen LogP contribution in [0.4, 0.5) is 17.1 Å². The molecule has 0 aliphatic rings. The molecule has 0 spiro atoms. The van der Waals surface area contributed by atoms with Crippen molar-refractivity contribution < 1.29 is 4.92 Å². The van der Waals surface area contributed by atoms with Crippen molar-refractivity contribution in [2.75, 3.05) is 11.1 Å². The van der Waals surface area contributed by atoms with Gasteiger partial charge in [0.1, 0.15) is 5.69 Å². The minimum atomic E-state index is -0.485. The van der Waals surface area contributed by atoms with Crippen molar-refractivity contribution in [1.29, 1.82) is 0 Å². The van der Waals surface area contributed by atoms with Crippen LogP contribution in [0.3, 0.4) is 0 Å². The molecule has 1 heterocycles. The molecule has 0 radical (unpaired) electrons. The molecule has 0 saturated carbocycles. The van der Waals surface area contributed by atoms with E-state index in [4.69, 9.17) is 5.73 Å². The minimum Gasteiger partial charge on any atom is -0.393 e. The molecule has 1 unspecified atom stereocenters. The van der Waals surface area contributed by atoms with Gasteiger partial charge in [0.2, 0.25) is 0 Å². The van der Waals surface area contributed by atoms with E-state index in [1.165, 1.54) is 11.6 Å². The molecule has 1 aromatic heterocycles. The summed E-state index contributed by atoms with van der Waals surface area (Å²) in [5.74, 6) is 0. The Bertz CT molecular complexity index is 554. The molecule has 18 heavy (non-hydrogen) atoms. The smallest absolute Gasteiger partial charge is 0.292 e. The Hall–Kier alpha value is -2.08. The summed E-state index contributed by atoms with van der Waals surface area (Å²) < 4.78 is 0. The van der Waals surface area contributed by atoms with Gasteiger partial charge in [-0.15, -0.1) is 0 Å². The number of rotatable bonds is 4. The Kier molecular flexibility index (Phi) is 3.47. The first kappa shape index (κ1) is 12.4. The van der Waals surface area contributed by atoms with Crippen molar-refractivity contribution in [3.63, 3.8) is 0 Å². The van der Waals surface area contributed by atoms with Crippen LogP contribution in [0.2, 0.25) is 0 Å². The second-order valence-electron chi connectivity index (χ2n) is 3.95. The molecule has 6 heteroatoms. The maximum atomic E-state index is 10.6. The van der Waals surface area contributed by atoms with Gasteiger partial charge in [0.25, 0.3) is 5.69 Å². The van der Waals surface area contributed by atoms with Gasteiger partial charge in [0, 0.05) is 17.8 Å². The van der Waals surface area contributed by atoms with Gasteiger partial charge in [-0.05, 0) is 41.4 Å². The van der Waals surface area contributed by atoms with Crippen LogP contribution < -0.4 is 11.1 Å². The monoisotopic (exact) mass is 263 g/mol. The van der Waals surface area contributed by atoms with Crippen LogP contribution in [0.1, 0.15) is 18.5 Å². The van der Waals surface area contributed by atoms with E-state index >= 15 is 0 Å². The molecule has 0 amide bonds. The lowest BCUT2D eigenvalue weighted by molar-refractivity contribution is -0.383. The molecular formula is C12H13N3O2S. The summed E-state index contributed by atoms with van der Waals surface area (Å²) in [6.07, 6.45) is 0. The fraction of sp³-hybridized carbons (Fsp3) is 0.167. The molecule has 2 aromatic rings. The maximum absolute atomic E-state index is 10.6. The highest BCUT2D eigenvalue weighted by Gasteiger charge is 2.12. The van der Waals surface area contributed by atoms with E-state index in [1.54, 1.807) is 23.5 Å². The van der Waals surface area contributed by atoms with Gasteiger partial charge in [-0.1, -0.05) is 0 Å². The average molecular weight is 263 g/mol. The van der Waals surface area contributed by atoms with Crippen LogP contribution in [0.15, 0.2) is 35.0 Å². The van der Waals surface area contributed by atoms with E-state index in [2.05, 4.69) is 10.7 Å². The number of anilines is 2. The topological polar surface area (TPSA) is 81.2 Å². The molecule has 0 bridgehead atoms. The van der Waals surface area contributed by atoms with Crippen molar-refractivity contribution in [3.8, 4) is 0 Å². The summed E-state index contributed by atoms with van der Waals surface area (Å²) >= 11 is 1.63. The number of nitrogens with zero attached hydrogens (tertiary/aromatic N) is 1. The minimum absolute atomic E-state index is 0.0660. The van der Waals surface area contributed by atoms with Gasteiger partial charge in [-0.2, -0.15) is 11.3 Å². The highest BCUT2D eigenvalue weighted by atomic mass is 32.1. The molecule has 1 atom stereocenters. The van der Waals surface area contributed by atoms with Crippen LogP contribution in [-0.2, 0) is 0 Å². The van der Waals surface area contributed by atoms with Crippen LogP contribution >= 0.6 is 11.3 Å². The number of nitro groups is 1. The van der Waals surface area contributed by atoms with Gasteiger partial charge >= 0.3 is 0 Å². The van der Waals surface area contributed by atoms with E-state index in [-0.39, 0.29) is 17.4 Å². The first-order valence-electron chi connectivity index (χ1n) is 5.40. The lowest BCUT2D eigenvalue weighted by atomic mass is 10.1. The zero-order valence-corrected chi connectivity index (χ0v) is 10.6. The van der Waals surface area contributed by atoms with Crippen molar-refractivity contribution >= 4 is 28.4 Å². The number of nitrogens with one attached hydrogen (secondary N) is 1. The number of hydrogen-bond donors (Lipinski definition) is 2. The number of nitro benzene ring substituents is 1. The standard InChI is InChI=1S/C12H13N3O2S/c1-8(9-4-5-18-7-9)14-10-2-3-12(15(16)17)11(13)6-10/h2-8,14H,13H2,1H3. The number of thiophene rings is 1. The lowest BCUT2D eigenvalue weighted by Gasteiger charge is -2.14. The maximum Gasteiger partial charge on any atom is 0.292 e. The highest BCUT2D eigenvalue weighted by molar-refractivity contribution is 7.07. The number of benzene rings is 1. The van der Waals surface area contributed by atoms with Crippen LogP contribution in [0.25, 0.3) is 0 Å². The van der Waals surface area contributed by atoms with Gasteiger partial charge < -0.3 is 11.1 Å². The van der Waals surface area contributed by atoms with Crippen molar-refractivity contribution in [2.45, 2.75) is 13.0 Å². The molecule has 0 saturated heterocycles. The zero-order chi connectivity index (χ0) is 13.1. The fourth-order valence-electron chi connectivity index (χ4n) is 1.67. The van der Waals surface area contributed by atoms with Crippen molar-refractivity contribution in [2.24, 2.45) is 0 Å². The Morgan fingerprint density at radius 2 is 2.22 bits per heavy atom. The summed E-state index contributed by atoms with van der Waals surface area (Å²) in [5.41, 5.74) is 7.69. The fourth-order valence-corrected chi connectivity index (χ4v) is 2.42. The largest absolute Gasteiger partial charge is 0.393 e. The molecule has 0 fully saturated rings. The number of nitrogen functional groups attached to an aromatic ring is 1. The van der Waals surface area contributed by atoms with Crippen molar-refractivity contribution in [3.05, 3.63) is 50.7 Å². The molecule has 3 N–H and O–H groups in total. The molecule has 0 aliphatic carbocycles. The van der Waals surface area contributed by atoms with E-state index in [0.29, 0.717) is 0 Å². The second-order valence-corrected chi connectivity index (χ2v) is 4.73. The quantitative estimate of drug-likeness (QED) is 0.503. The van der Waals surface area contributed by atoms with E-state index < -0.39 is 4.92 Å². The number of nitrogens with two attached hydrogens (primary N) is 1. The molecule has 0 aliphatic heterocycles. The predicted octanol–water partition coefficient (Wildman–Crippen LogP) is 3.41. The summed E-state index contributed by atoms with van der Waals surface area (Å²) in [4.78, 5) is 10.2. The third-order valence-electron chi connectivity index (χ3n) is 2.65. The predicted molar refractivity (Wildman–Crippen MR) is 73.9 cm³/mol. The van der Waals surface area contributed by atoms with Crippen LogP contribution in [0.5, 0.6) is 0 Å². The molecule has 2 rings (SSSR count). The van der Waals surface area contributed by atoms with Gasteiger partial charge in [0.15, 0.2) is 0 Å². The first-order chi connectivity index (χ1) is 8.58. The Balaban J connectivity index is 2.15. The van der Waals surface area contributed by atoms with Crippen LogP contribution in [0, 0.1) is 10.1 Å². The van der Waals surface area contributed by atoms with Gasteiger partial charge in [-0.3, -0.25) is 10.1 Å². The summed E-state index contributed by atoms with van der Waals surface area (Å²) in [5, 5.41) is 18.0. The zero-order valence-electron chi connectivity index (χ0n) is 9.79. The Morgan fingerprint density at radius 1 is 1.44 bits per heavy atom. The summed E-state index contributed by atoms with van der Waals surface area (Å²) in [7, 11) is 0. The number of hydrogen-bond acceptors (Lipinski definition) is 5. The lowest BCUT2D eigenvalue weighted by Crippen LogP contribution is -2.06. The van der Waals surface area contributed by atoms with Crippen molar-refractivity contribution in [1.82, 2.24) is 0 Å². The van der Waals surface area contributed by atoms with Gasteiger partial charge in [-0.25, -0.2) is 0 Å². The highest BCUT2D eigenvalue weighted by Crippen LogP contribution is 2.27.